The quantitative estimate of drug-likeness (QED) is 0.832. The number of rotatable bonds is 6. The van der Waals surface area contributed by atoms with Gasteiger partial charge in [0.05, 0.1) is 11.7 Å². The van der Waals surface area contributed by atoms with Crippen molar-refractivity contribution >= 4 is 0 Å². The molecule has 2 N–H and O–H groups in total. The maximum atomic E-state index is 12.6. The molecule has 108 valence electrons. The van der Waals surface area contributed by atoms with Crippen LogP contribution in [0, 0.1) is 0 Å². The van der Waals surface area contributed by atoms with E-state index in [1.54, 1.807) is 0 Å². The normalized spacial score (nSPS) is 13.8. The zero-order valence-electron chi connectivity index (χ0n) is 11.2. The molecule has 0 amide bonds. The fraction of sp³-hybridized carbons (Fsp3) is 0.571. The van der Waals surface area contributed by atoms with Crippen molar-refractivity contribution in [1.82, 2.24) is 5.32 Å². The van der Waals surface area contributed by atoms with Gasteiger partial charge in [0.15, 0.2) is 0 Å². The lowest BCUT2D eigenvalue weighted by atomic mass is 10.0. The van der Waals surface area contributed by atoms with Gasteiger partial charge >= 0.3 is 6.18 Å². The molecule has 2 nitrogen and oxygen atoms in total. The highest BCUT2D eigenvalue weighted by atomic mass is 19.4. The topological polar surface area (TPSA) is 32.3 Å². The van der Waals surface area contributed by atoms with Crippen LogP contribution in [0.3, 0.4) is 0 Å². The molecule has 5 heteroatoms. The largest absolute Gasteiger partial charge is 0.416 e. The molecule has 0 aliphatic carbocycles. The summed E-state index contributed by atoms with van der Waals surface area (Å²) in [5, 5.41) is 13.1. The highest BCUT2D eigenvalue weighted by molar-refractivity contribution is 5.27. The summed E-state index contributed by atoms with van der Waals surface area (Å²) in [7, 11) is 0. The van der Waals surface area contributed by atoms with Crippen molar-refractivity contribution in [2.45, 2.75) is 45.0 Å². The molecule has 0 heterocycles. The second kappa shape index (κ2) is 6.91. The highest BCUT2D eigenvalue weighted by Crippen LogP contribution is 2.30. The lowest BCUT2D eigenvalue weighted by Gasteiger charge is -2.19. The van der Waals surface area contributed by atoms with Gasteiger partial charge in [-0.05, 0) is 30.5 Å². The van der Waals surface area contributed by atoms with Gasteiger partial charge in [0, 0.05) is 12.6 Å². The van der Waals surface area contributed by atoms with Crippen LogP contribution in [-0.2, 0) is 6.18 Å². The Morgan fingerprint density at radius 1 is 1.21 bits per heavy atom. The van der Waals surface area contributed by atoms with Gasteiger partial charge < -0.3 is 10.4 Å². The molecule has 0 bridgehead atoms. The second-order valence-electron chi connectivity index (χ2n) is 4.56. The first kappa shape index (κ1) is 16.0. The van der Waals surface area contributed by atoms with Crippen molar-refractivity contribution in [1.29, 1.82) is 0 Å². The molecule has 1 aromatic rings. The van der Waals surface area contributed by atoms with Gasteiger partial charge in [-0.2, -0.15) is 13.2 Å². The molecule has 19 heavy (non-hydrogen) atoms. The lowest BCUT2D eigenvalue weighted by Crippen LogP contribution is -2.31. The van der Waals surface area contributed by atoms with E-state index in [1.807, 2.05) is 13.8 Å². The Morgan fingerprint density at radius 3 is 2.37 bits per heavy atom. The number of benzene rings is 1. The van der Waals surface area contributed by atoms with Crippen molar-refractivity contribution < 1.29 is 18.3 Å². The monoisotopic (exact) mass is 275 g/mol. The van der Waals surface area contributed by atoms with Crippen LogP contribution in [0.25, 0.3) is 0 Å². The maximum Gasteiger partial charge on any atom is 0.416 e. The summed E-state index contributed by atoms with van der Waals surface area (Å²) in [5.74, 6) is 0. The van der Waals surface area contributed by atoms with Crippen molar-refractivity contribution in [3.63, 3.8) is 0 Å². The van der Waals surface area contributed by atoms with Crippen LogP contribution in [-0.4, -0.2) is 17.7 Å². The summed E-state index contributed by atoms with van der Waals surface area (Å²) in [6.07, 6.45) is -3.46. The zero-order chi connectivity index (χ0) is 14.5. The Balaban J connectivity index is 2.69. The molecule has 0 radical (unpaired) electrons. The summed E-state index contributed by atoms with van der Waals surface area (Å²) in [6, 6.07) is 5.11. The van der Waals surface area contributed by atoms with Crippen LogP contribution in [0.4, 0.5) is 13.2 Å². The molecule has 0 fully saturated rings. The van der Waals surface area contributed by atoms with Crippen molar-refractivity contribution in [2.24, 2.45) is 0 Å². The lowest BCUT2D eigenvalue weighted by molar-refractivity contribution is -0.137. The number of aliphatic hydroxyl groups excluding tert-OH is 1. The fourth-order valence-electron chi connectivity index (χ4n) is 1.90. The molecule has 0 aromatic heterocycles. The highest BCUT2D eigenvalue weighted by Gasteiger charge is 2.30. The van der Waals surface area contributed by atoms with Gasteiger partial charge in [0.1, 0.15) is 0 Å². The van der Waals surface area contributed by atoms with Crippen molar-refractivity contribution in [3.05, 3.63) is 35.4 Å². The Kier molecular flexibility index (Phi) is 5.82. The third-order valence-corrected chi connectivity index (χ3v) is 3.18. The van der Waals surface area contributed by atoms with E-state index in [0.29, 0.717) is 0 Å². The van der Waals surface area contributed by atoms with Gasteiger partial charge in [-0.25, -0.2) is 0 Å². The third-order valence-electron chi connectivity index (χ3n) is 3.18. The molecule has 1 rings (SSSR count). The maximum absolute atomic E-state index is 12.6. The van der Waals surface area contributed by atoms with E-state index in [4.69, 9.17) is 0 Å². The second-order valence-corrected chi connectivity index (χ2v) is 4.56. The predicted octanol–water partition coefficient (Wildman–Crippen LogP) is 3.52. The van der Waals surface area contributed by atoms with Crippen molar-refractivity contribution in [3.8, 4) is 0 Å². The molecule has 0 saturated carbocycles. The van der Waals surface area contributed by atoms with E-state index in [0.717, 1.165) is 25.0 Å². The first-order chi connectivity index (χ1) is 8.88. The molecule has 0 aliphatic heterocycles. The van der Waals surface area contributed by atoms with E-state index in [9.17, 15) is 18.3 Å². The third kappa shape index (κ3) is 4.84. The Labute approximate surface area is 111 Å². The van der Waals surface area contributed by atoms with Crippen LogP contribution in [0.15, 0.2) is 24.3 Å². The Bertz CT molecular complexity index is 389. The molecule has 1 atom stereocenters. The minimum Gasteiger partial charge on any atom is -0.387 e. The van der Waals surface area contributed by atoms with Crippen LogP contribution in [0.5, 0.6) is 0 Å². The van der Waals surface area contributed by atoms with E-state index >= 15 is 0 Å². The van der Waals surface area contributed by atoms with E-state index < -0.39 is 17.8 Å². The number of alkyl halides is 3. The minimum absolute atomic E-state index is 0.258. The summed E-state index contributed by atoms with van der Waals surface area (Å²) >= 11 is 0. The number of hydrogen-bond donors (Lipinski definition) is 2. The zero-order valence-corrected chi connectivity index (χ0v) is 11.2. The van der Waals surface area contributed by atoms with Crippen LogP contribution in [0.2, 0.25) is 0 Å². The summed E-state index contributed by atoms with van der Waals surface area (Å²) in [4.78, 5) is 0. The number of nitrogens with one attached hydrogen (secondary N) is 1. The fourth-order valence-corrected chi connectivity index (χ4v) is 1.90. The summed E-state index contributed by atoms with van der Waals surface area (Å²) in [5.41, 5.74) is -0.445. The standard InChI is InChI=1S/C14H20F3NO/c1-3-12(4-2)18-9-13(19)10-6-5-7-11(8-10)14(15,16)17/h5-8,12-13,18-19H,3-4,9H2,1-2H3. The van der Waals surface area contributed by atoms with Gasteiger partial charge in [0.2, 0.25) is 0 Å². The van der Waals surface area contributed by atoms with E-state index in [1.165, 1.54) is 12.1 Å². The minimum atomic E-state index is -4.38. The molecule has 1 aromatic carbocycles. The van der Waals surface area contributed by atoms with Crippen LogP contribution in [0.1, 0.15) is 43.9 Å². The van der Waals surface area contributed by atoms with Gasteiger partial charge in [-0.3, -0.25) is 0 Å². The Hall–Kier alpha value is -1.07. The predicted molar refractivity (Wildman–Crippen MR) is 68.8 cm³/mol. The number of hydrogen-bond acceptors (Lipinski definition) is 2. The van der Waals surface area contributed by atoms with Crippen molar-refractivity contribution in [2.75, 3.05) is 6.54 Å². The SMILES string of the molecule is CCC(CC)NCC(O)c1cccc(C(F)(F)F)c1. The average molecular weight is 275 g/mol. The smallest absolute Gasteiger partial charge is 0.387 e. The molecular formula is C14H20F3NO. The van der Waals surface area contributed by atoms with Gasteiger partial charge in [0.25, 0.3) is 0 Å². The first-order valence-electron chi connectivity index (χ1n) is 6.47. The van der Waals surface area contributed by atoms with E-state index in [-0.39, 0.29) is 18.2 Å². The Morgan fingerprint density at radius 2 is 1.84 bits per heavy atom. The molecule has 0 aliphatic rings. The summed E-state index contributed by atoms with van der Waals surface area (Å²) < 4.78 is 37.7. The molecule has 0 saturated heterocycles. The molecule has 0 spiro atoms. The molecular weight excluding hydrogens is 255 g/mol. The van der Waals surface area contributed by atoms with Gasteiger partial charge in [-0.15, -0.1) is 0 Å². The average Bonchev–Trinajstić information content (AvgIpc) is 2.39. The van der Waals surface area contributed by atoms with E-state index in [2.05, 4.69) is 5.32 Å². The van der Waals surface area contributed by atoms with Crippen LogP contribution < -0.4 is 5.32 Å². The van der Waals surface area contributed by atoms with Gasteiger partial charge in [-0.1, -0.05) is 26.0 Å². The molecule has 1 unspecified atom stereocenters. The first-order valence-corrected chi connectivity index (χ1v) is 6.47. The summed E-state index contributed by atoms with van der Waals surface area (Å²) in [6.45, 7) is 4.31. The van der Waals surface area contributed by atoms with Crippen LogP contribution >= 0.6 is 0 Å². The number of halogens is 3. The number of aliphatic hydroxyl groups is 1.